The van der Waals surface area contributed by atoms with Gasteiger partial charge < -0.3 is 10.2 Å². The topological polar surface area (TPSA) is 69.0 Å². The second-order valence-electron chi connectivity index (χ2n) is 6.65. The van der Waals surface area contributed by atoms with Gasteiger partial charge in [-0.25, -0.2) is 4.98 Å². The Morgan fingerprint density at radius 2 is 2.09 bits per heavy atom. The van der Waals surface area contributed by atoms with Crippen LogP contribution in [0.15, 0.2) is 5.03 Å². The Morgan fingerprint density at radius 1 is 1.39 bits per heavy atom. The molecule has 23 heavy (non-hydrogen) atoms. The number of hydrogen-bond donors (Lipinski definition) is 1. The van der Waals surface area contributed by atoms with Gasteiger partial charge in [0.25, 0.3) is 0 Å². The van der Waals surface area contributed by atoms with Crippen LogP contribution in [-0.2, 0) is 4.79 Å². The Balaban J connectivity index is 2.09. The second kappa shape index (κ2) is 6.90. The number of carbonyl (C=O) groups excluding carboxylic acids is 1. The van der Waals surface area contributed by atoms with E-state index in [0.717, 1.165) is 29.9 Å². The number of rotatable bonds is 3. The number of nitrogens with zero attached hydrogens (tertiary/aromatic N) is 3. The van der Waals surface area contributed by atoms with Gasteiger partial charge in [-0.2, -0.15) is 5.26 Å². The summed E-state index contributed by atoms with van der Waals surface area (Å²) < 4.78 is 0. The highest BCUT2D eigenvalue weighted by Crippen LogP contribution is 2.26. The van der Waals surface area contributed by atoms with Crippen molar-refractivity contribution < 1.29 is 4.79 Å². The average Bonchev–Trinajstić information content (AvgIpc) is 2.49. The van der Waals surface area contributed by atoms with Crippen LogP contribution in [0.4, 0.5) is 0 Å². The van der Waals surface area contributed by atoms with Crippen LogP contribution in [0.25, 0.3) is 0 Å². The number of pyridine rings is 1. The molecule has 1 aromatic heterocycles. The lowest BCUT2D eigenvalue weighted by Crippen LogP contribution is -2.58. The molecule has 0 unspecified atom stereocenters. The third-order valence-corrected chi connectivity index (χ3v) is 5.29. The van der Waals surface area contributed by atoms with E-state index in [1.807, 2.05) is 25.7 Å². The number of carbonyl (C=O) groups is 1. The van der Waals surface area contributed by atoms with E-state index < -0.39 is 0 Å². The van der Waals surface area contributed by atoms with E-state index >= 15 is 0 Å². The molecule has 1 aromatic rings. The smallest absolute Gasteiger partial charge is 0.233 e. The Hall–Kier alpha value is -1.58. The summed E-state index contributed by atoms with van der Waals surface area (Å²) in [7, 11) is 0. The molecule has 1 saturated heterocycles. The first-order valence-corrected chi connectivity index (χ1v) is 8.77. The number of aryl methyl sites for hydroxylation is 1. The number of hydrogen-bond acceptors (Lipinski definition) is 5. The number of piperazine rings is 1. The normalized spacial score (nSPS) is 17.0. The molecule has 124 valence electrons. The first kappa shape index (κ1) is 17.8. The van der Waals surface area contributed by atoms with Crippen molar-refractivity contribution >= 4 is 17.7 Å². The van der Waals surface area contributed by atoms with Gasteiger partial charge in [-0.05, 0) is 45.7 Å². The van der Waals surface area contributed by atoms with Gasteiger partial charge in [0.05, 0.1) is 11.3 Å². The zero-order chi connectivity index (χ0) is 17.2. The third kappa shape index (κ3) is 4.04. The summed E-state index contributed by atoms with van der Waals surface area (Å²) in [6.07, 6.45) is 0. The quantitative estimate of drug-likeness (QED) is 0.859. The van der Waals surface area contributed by atoms with Crippen molar-refractivity contribution in [2.24, 2.45) is 0 Å². The van der Waals surface area contributed by atoms with Gasteiger partial charge in [0.1, 0.15) is 11.1 Å². The second-order valence-corrected chi connectivity index (χ2v) is 7.62. The van der Waals surface area contributed by atoms with Gasteiger partial charge in [0.15, 0.2) is 0 Å². The van der Waals surface area contributed by atoms with E-state index in [9.17, 15) is 10.1 Å². The molecule has 1 fully saturated rings. The summed E-state index contributed by atoms with van der Waals surface area (Å²) in [5.41, 5.74) is 3.46. The monoisotopic (exact) mass is 332 g/mol. The summed E-state index contributed by atoms with van der Waals surface area (Å²) in [6.45, 7) is 12.3. The van der Waals surface area contributed by atoms with Crippen LogP contribution in [0.2, 0.25) is 0 Å². The summed E-state index contributed by atoms with van der Waals surface area (Å²) >= 11 is 1.37. The number of amides is 1. The van der Waals surface area contributed by atoms with Crippen LogP contribution in [0, 0.1) is 32.1 Å². The molecular weight excluding hydrogens is 308 g/mol. The van der Waals surface area contributed by atoms with E-state index in [1.54, 1.807) is 0 Å². The number of aromatic nitrogens is 1. The highest BCUT2D eigenvalue weighted by atomic mass is 32.2. The van der Waals surface area contributed by atoms with Crippen LogP contribution >= 0.6 is 11.8 Å². The van der Waals surface area contributed by atoms with Gasteiger partial charge in [0, 0.05) is 30.9 Å². The van der Waals surface area contributed by atoms with E-state index in [1.165, 1.54) is 11.8 Å². The van der Waals surface area contributed by atoms with Crippen molar-refractivity contribution in [1.29, 1.82) is 5.26 Å². The molecule has 0 aromatic carbocycles. The first-order chi connectivity index (χ1) is 10.7. The van der Waals surface area contributed by atoms with Crippen molar-refractivity contribution in [2.45, 2.75) is 45.2 Å². The number of nitriles is 1. The molecule has 0 bridgehead atoms. The number of nitrogens with one attached hydrogen (secondary N) is 1. The molecular formula is C17H24N4OS. The molecule has 0 saturated carbocycles. The van der Waals surface area contributed by atoms with E-state index in [-0.39, 0.29) is 11.4 Å². The van der Waals surface area contributed by atoms with Gasteiger partial charge in [-0.1, -0.05) is 11.8 Å². The summed E-state index contributed by atoms with van der Waals surface area (Å²) in [6, 6.07) is 2.23. The lowest BCUT2D eigenvalue weighted by molar-refractivity contribution is -0.130. The predicted octanol–water partition coefficient (Wildman–Crippen LogP) is 2.18. The largest absolute Gasteiger partial charge is 0.339 e. The first-order valence-electron chi connectivity index (χ1n) is 7.78. The van der Waals surface area contributed by atoms with Gasteiger partial charge in [-0.15, -0.1) is 0 Å². The average molecular weight is 332 g/mol. The molecule has 1 amide bonds. The highest BCUT2D eigenvalue weighted by molar-refractivity contribution is 8.00. The molecule has 5 nitrogen and oxygen atoms in total. The minimum Gasteiger partial charge on any atom is -0.339 e. The third-order valence-electron chi connectivity index (χ3n) is 4.33. The Kier molecular flexibility index (Phi) is 5.33. The zero-order valence-corrected chi connectivity index (χ0v) is 15.3. The molecule has 0 radical (unpaired) electrons. The molecule has 0 spiro atoms. The lowest BCUT2D eigenvalue weighted by atomic mass is 10.0. The molecule has 1 N–H and O–H groups in total. The van der Waals surface area contributed by atoms with Crippen LogP contribution in [0.3, 0.4) is 0 Å². The maximum Gasteiger partial charge on any atom is 0.233 e. The van der Waals surface area contributed by atoms with Crippen LogP contribution in [0.5, 0.6) is 0 Å². The molecule has 1 aliphatic heterocycles. The van der Waals surface area contributed by atoms with E-state index in [2.05, 4.69) is 30.2 Å². The molecule has 2 heterocycles. The van der Waals surface area contributed by atoms with E-state index in [0.29, 0.717) is 22.9 Å². The van der Waals surface area contributed by atoms with Crippen molar-refractivity contribution in [3.05, 3.63) is 22.4 Å². The minimum absolute atomic E-state index is 0.0499. The molecule has 6 heteroatoms. The molecule has 0 aliphatic carbocycles. The van der Waals surface area contributed by atoms with Gasteiger partial charge in [-0.3, -0.25) is 4.79 Å². The maximum atomic E-state index is 12.5. The molecule has 2 rings (SSSR count). The van der Waals surface area contributed by atoms with E-state index in [4.69, 9.17) is 0 Å². The van der Waals surface area contributed by atoms with Crippen molar-refractivity contribution in [3.8, 4) is 6.07 Å². The fraction of sp³-hybridized carbons (Fsp3) is 0.588. The highest BCUT2D eigenvalue weighted by Gasteiger charge is 2.28. The minimum atomic E-state index is -0.0499. The van der Waals surface area contributed by atoms with Gasteiger partial charge >= 0.3 is 0 Å². The van der Waals surface area contributed by atoms with Crippen LogP contribution in [-0.4, -0.2) is 46.7 Å². The fourth-order valence-corrected chi connectivity index (χ4v) is 3.71. The molecule has 0 atom stereocenters. The fourth-order valence-electron chi connectivity index (χ4n) is 2.72. The van der Waals surface area contributed by atoms with Crippen LogP contribution in [0.1, 0.15) is 36.2 Å². The van der Waals surface area contributed by atoms with Crippen LogP contribution < -0.4 is 5.32 Å². The van der Waals surface area contributed by atoms with Crippen molar-refractivity contribution in [3.63, 3.8) is 0 Å². The predicted molar refractivity (Wildman–Crippen MR) is 92.5 cm³/mol. The zero-order valence-electron chi connectivity index (χ0n) is 14.5. The van der Waals surface area contributed by atoms with Crippen molar-refractivity contribution in [2.75, 3.05) is 25.4 Å². The standard InChI is InChI=1S/C17H24N4OS/c1-11-12(2)14(8-18)16(20-13(11)3)23-9-15(22)21-7-6-19-17(4,5)10-21/h19H,6-7,9-10H2,1-5H3. The molecule has 1 aliphatic rings. The lowest BCUT2D eigenvalue weighted by Gasteiger charge is -2.39. The summed E-state index contributed by atoms with van der Waals surface area (Å²) in [5, 5.41) is 13.5. The Labute approximate surface area is 142 Å². The van der Waals surface area contributed by atoms with Gasteiger partial charge in [0.2, 0.25) is 5.91 Å². The summed E-state index contributed by atoms with van der Waals surface area (Å²) in [5.74, 6) is 0.422. The maximum absolute atomic E-state index is 12.5. The number of thioether (sulfide) groups is 1. The van der Waals surface area contributed by atoms with Crippen molar-refractivity contribution in [1.82, 2.24) is 15.2 Å². The Bertz CT molecular complexity index is 664. The SMILES string of the molecule is Cc1nc(SCC(=O)N2CCNC(C)(C)C2)c(C#N)c(C)c1C. The Morgan fingerprint density at radius 3 is 2.70 bits per heavy atom. The summed E-state index contributed by atoms with van der Waals surface area (Å²) in [4.78, 5) is 18.9.